The predicted octanol–water partition coefficient (Wildman–Crippen LogP) is 6.32. The second-order valence-electron chi connectivity index (χ2n) is 21.0. The Morgan fingerprint density at radius 1 is 0.447 bits per heavy atom. The normalized spacial score (nSPS) is 11.9. The lowest BCUT2D eigenvalue weighted by Crippen LogP contribution is -2.41. The minimum atomic E-state index is -1.33. The Morgan fingerprint density at radius 3 is 1.49 bits per heavy atom. The highest BCUT2D eigenvalue weighted by Crippen LogP contribution is 2.17. The van der Waals surface area contributed by atoms with Crippen LogP contribution in [0.15, 0.2) is 24.3 Å². The van der Waals surface area contributed by atoms with Crippen LogP contribution in [0.5, 0.6) is 0 Å². The summed E-state index contributed by atoms with van der Waals surface area (Å²) in [5, 5.41) is 46.8. The number of rotatable bonds is 56. The lowest BCUT2D eigenvalue weighted by atomic mass is 9.94. The maximum Gasteiger partial charge on any atom is 0.372 e. The molecule has 8 N–H and O–H groups in total. The minimum absolute atomic E-state index is 0.0247. The van der Waals surface area contributed by atoms with E-state index in [-0.39, 0.29) is 151 Å². The lowest BCUT2D eigenvalue weighted by Gasteiger charge is -2.14. The van der Waals surface area contributed by atoms with E-state index in [1.54, 1.807) is 12.1 Å². The second kappa shape index (κ2) is 52.0. The molecule has 0 fully saturated rings. The van der Waals surface area contributed by atoms with Crippen LogP contribution in [-0.2, 0) is 71.7 Å². The van der Waals surface area contributed by atoms with Gasteiger partial charge in [-0.05, 0) is 78.0 Å². The maximum atomic E-state index is 12.2. The van der Waals surface area contributed by atoms with Crippen molar-refractivity contribution in [2.45, 2.75) is 199 Å². The number of hydrogen-bond donors (Lipinski definition) is 8. The van der Waals surface area contributed by atoms with Crippen LogP contribution in [0.2, 0.25) is 0 Å². The SMILES string of the molecule is CC(=O)COCCOCCCC(=O)CCC(NC(=O)CCCCCCCCCCCCCCCCC(=O)C(=O)O)C(=O)O.CNC(CCC(=O)CC(CCC(=O)NCCOCCOCC(=O)CCCNC(=O)c1ccc(C)cc1)C(=O)O)C(=O)O. The van der Waals surface area contributed by atoms with Crippen LogP contribution in [-0.4, -0.2) is 176 Å². The van der Waals surface area contributed by atoms with Gasteiger partial charge in [0.2, 0.25) is 17.6 Å². The molecule has 1 aromatic rings. The van der Waals surface area contributed by atoms with E-state index in [0.29, 0.717) is 57.6 Å². The zero-order valence-corrected chi connectivity index (χ0v) is 50.5. The monoisotopic (exact) mass is 1210 g/mol. The molecular formula is C61H98N4O20. The van der Waals surface area contributed by atoms with E-state index in [9.17, 15) is 67.7 Å². The average Bonchev–Trinajstić information content (AvgIpc) is 3.53. The number of carbonyl (C=O) groups excluding carboxylic acids is 8. The van der Waals surface area contributed by atoms with Gasteiger partial charge in [-0.2, -0.15) is 0 Å². The number of benzene rings is 1. The van der Waals surface area contributed by atoms with Gasteiger partial charge in [0.05, 0.1) is 39.0 Å². The van der Waals surface area contributed by atoms with Crippen LogP contribution in [0.25, 0.3) is 0 Å². The molecule has 0 radical (unpaired) electrons. The third-order valence-corrected chi connectivity index (χ3v) is 13.4. The van der Waals surface area contributed by atoms with Gasteiger partial charge >= 0.3 is 23.9 Å². The van der Waals surface area contributed by atoms with Crippen molar-refractivity contribution in [3.05, 3.63) is 35.4 Å². The molecule has 482 valence electrons. The van der Waals surface area contributed by atoms with Crippen LogP contribution >= 0.6 is 0 Å². The number of ketones is 5. The number of ether oxygens (including phenoxy) is 4. The number of amides is 3. The third kappa shape index (κ3) is 47.6. The third-order valence-electron chi connectivity index (χ3n) is 13.4. The standard InChI is InChI=1S/C32H55NO10.C29H43N3O10/c1-26(34)25-43-24-23-42-22-16-17-27(35)20-21-28(31(38)39)33-30(37)19-15-13-11-9-7-5-3-2-4-6-8-10-12-14-18-29(36)32(40)41;1-20-5-7-21(8-6-20)27(36)32-13-3-4-24(34)19-42-17-16-41-15-14-31-26(35)12-9-22(28(37)38)18-23(33)10-11-25(30-2)29(39)40/h28H,2-25H2,1H3,(H,33,37)(H,38,39)(H,40,41);5-8,22,25,30H,3-4,9-19H2,1-2H3,(H,31,35)(H,32,36)(H,37,38)(H,39,40). The molecule has 3 amide bonds. The largest absolute Gasteiger partial charge is 0.481 e. The highest BCUT2D eigenvalue weighted by atomic mass is 16.5. The van der Waals surface area contributed by atoms with Crippen LogP contribution < -0.4 is 21.3 Å². The number of aliphatic carboxylic acids is 4. The molecule has 0 bridgehead atoms. The molecular weight excluding hydrogens is 1110 g/mol. The molecule has 24 heteroatoms. The van der Waals surface area contributed by atoms with Gasteiger partial charge in [-0.1, -0.05) is 94.7 Å². The molecule has 0 aromatic heterocycles. The van der Waals surface area contributed by atoms with E-state index in [2.05, 4.69) is 21.3 Å². The van der Waals surface area contributed by atoms with Gasteiger partial charge in [-0.25, -0.2) is 9.59 Å². The van der Waals surface area contributed by atoms with Gasteiger partial charge in [0.1, 0.15) is 36.9 Å². The number of unbranched alkanes of at least 4 members (excludes halogenated alkanes) is 13. The Bertz CT molecular complexity index is 2140. The summed E-state index contributed by atoms with van der Waals surface area (Å²) in [6, 6.07) is 5.26. The minimum Gasteiger partial charge on any atom is -0.481 e. The molecule has 24 nitrogen and oxygen atoms in total. The summed E-state index contributed by atoms with van der Waals surface area (Å²) in [5.74, 6) is -7.92. The van der Waals surface area contributed by atoms with E-state index in [4.69, 9.17) is 29.2 Å². The van der Waals surface area contributed by atoms with Gasteiger partial charge in [-0.3, -0.25) is 47.9 Å². The molecule has 0 heterocycles. The average molecular weight is 1210 g/mol. The number of likely N-dealkylation sites (N-methyl/N-ethyl adjacent to an activating group) is 1. The highest BCUT2D eigenvalue weighted by molar-refractivity contribution is 6.32. The molecule has 85 heavy (non-hydrogen) atoms. The quantitative estimate of drug-likeness (QED) is 0.0261. The van der Waals surface area contributed by atoms with Crippen molar-refractivity contribution < 1.29 is 96.9 Å². The first-order valence-corrected chi connectivity index (χ1v) is 30.0. The number of Topliss-reactive ketones (excluding diaryl/α,β-unsaturated/α-hetero) is 5. The first kappa shape index (κ1) is 78.7. The zero-order valence-electron chi connectivity index (χ0n) is 50.5. The Balaban J connectivity index is 0.00000166. The molecule has 0 spiro atoms. The van der Waals surface area contributed by atoms with Crippen LogP contribution in [0.1, 0.15) is 196 Å². The summed E-state index contributed by atoms with van der Waals surface area (Å²) < 4.78 is 21.0. The lowest BCUT2D eigenvalue weighted by molar-refractivity contribution is -0.149. The summed E-state index contributed by atoms with van der Waals surface area (Å²) in [5.41, 5.74) is 1.64. The van der Waals surface area contributed by atoms with Gasteiger partial charge in [0, 0.05) is 76.6 Å². The van der Waals surface area contributed by atoms with Crippen molar-refractivity contribution in [1.82, 2.24) is 21.3 Å². The number of carbonyl (C=O) groups is 12. The van der Waals surface area contributed by atoms with Crippen molar-refractivity contribution in [3.63, 3.8) is 0 Å². The summed E-state index contributed by atoms with van der Waals surface area (Å²) in [6.45, 7) is 5.59. The van der Waals surface area contributed by atoms with Gasteiger partial charge in [0.25, 0.3) is 5.91 Å². The summed E-state index contributed by atoms with van der Waals surface area (Å²) in [6.07, 6.45) is 16.4. The molecule has 0 aliphatic carbocycles. The molecule has 1 rings (SSSR count). The van der Waals surface area contributed by atoms with E-state index in [1.165, 1.54) is 52.5 Å². The fraction of sp³-hybridized carbons (Fsp3) is 0.705. The highest BCUT2D eigenvalue weighted by Gasteiger charge is 2.24. The fourth-order valence-corrected chi connectivity index (χ4v) is 8.38. The van der Waals surface area contributed by atoms with Crippen molar-refractivity contribution in [2.75, 3.05) is 73.0 Å². The molecule has 3 unspecified atom stereocenters. The van der Waals surface area contributed by atoms with Crippen molar-refractivity contribution >= 4 is 70.5 Å². The van der Waals surface area contributed by atoms with Gasteiger partial charge < -0.3 is 60.6 Å². The molecule has 0 aliphatic rings. The predicted molar refractivity (Wildman–Crippen MR) is 314 cm³/mol. The van der Waals surface area contributed by atoms with Gasteiger partial charge in [-0.15, -0.1) is 0 Å². The Labute approximate surface area is 500 Å². The summed E-state index contributed by atoms with van der Waals surface area (Å²) >= 11 is 0. The number of hydrogen-bond acceptors (Lipinski definition) is 17. The van der Waals surface area contributed by atoms with Crippen LogP contribution in [0.3, 0.4) is 0 Å². The number of carboxylic acid groups (broad SMARTS) is 4. The smallest absolute Gasteiger partial charge is 0.372 e. The molecule has 0 saturated heterocycles. The Hall–Kier alpha value is -6.34. The number of nitrogens with one attached hydrogen (secondary N) is 4. The number of aryl methyl sites for hydroxylation is 1. The Kier molecular flexibility index (Phi) is 48.1. The first-order valence-electron chi connectivity index (χ1n) is 30.0. The van der Waals surface area contributed by atoms with E-state index in [1.807, 2.05) is 19.1 Å². The topological polar surface area (TPSA) is 371 Å². The van der Waals surface area contributed by atoms with Crippen LogP contribution in [0.4, 0.5) is 0 Å². The van der Waals surface area contributed by atoms with Gasteiger partial charge in [0.15, 0.2) is 11.6 Å². The molecule has 0 aliphatic heterocycles. The Morgan fingerprint density at radius 2 is 0.953 bits per heavy atom. The maximum absolute atomic E-state index is 12.2. The second-order valence-corrected chi connectivity index (χ2v) is 21.0. The summed E-state index contributed by atoms with van der Waals surface area (Å²) in [7, 11) is 1.46. The fourth-order valence-electron chi connectivity index (χ4n) is 8.38. The van der Waals surface area contributed by atoms with Crippen LogP contribution in [0, 0.1) is 12.8 Å². The molecule has 3 atom stereocenters. The first-order chi connectivity index (χ1) is 40.7. The summed E-state index contributed by atoms with van der Waals surface area (Å²) in [4.78, 5) is 139. The van der Waals surface area contributed by atoms with Crippen molar-refractivity contribution in [1.29, 1.82) is 0 Å². The van der Waals surface area contributed by atoms with Crippen molar-refractivity contribution in [3.8, 4) is 0 Å². The molecule has 0 saturated carbocycles. The van der Waals surface area contributed by atoms with Crippen molar-refractivity contribution in [2.24, 2.45) is 5.92 Å². The van der Waals surface area contributed by atoms with E-state index < -0.39 is 47.7 Å². The molecule has 1 aromatic carbocycles. The number of carboxylic acids is 4. The van der Waals surface area contributed by atoms with E-state index >= 15 is 0 Å². The van der Waals surface area contributed by atoms with E-state index in [0.717, 1.165) is 44.1 Å². The zero-order chi connectivity index (χ0) is 63.5.